The lowest BCUT2D eigenvalue weighted by atomic mass is 10.1. The summed E-state index contributed by atoms with van der Waals surface area (Å²) in [5.41, 5.74) is 0. The summed E-state index contributed by atoms with van der Waals surface area (Å²) in [6.45, 7) is 6.60. The fourth-order valence-corrected chi connectivity index (χ4v) is 2.49. The van der Waals surface area contributed by atoms with Gasteiger partial charge in [-0.05, 0) is 26.3 Å². The third-order valence-electron chi connectivity index (χ3n) is 2.82. The second-order valence-electron chi connectivity index (χ2n) is 3.98. The van der Waals surface area contributed by atoms with Crippen LogP contribution in [0.3, 0.4) is 0 Å². The van der Waals surface area contributed by atoms with E-state index < -0.39 is 9.84 Å². The highest BCUT2D eigenvalue weighted by atomic mass is 32.2. The van der Waals surface area contributed by atoms with Crippen LogP contribution in [0.25, 0.3) is 0 Å². The Morgan fingerprint density at radius 3 is 2.38 bits per heavy atom. The summed E-state index contributed by atoms with van der Waals surface area (Å²) >= 11 is 0. The number of nitrogens with one attached hydrogen (secondary N) is 1. The predicted molar refractivity (Wildman–Crippen MR) is 67.5 cm³/mol. The lowest BCUT2D eigenvalue weighted by molar-refractivity contribution is 0.0804. The zero-order valence-corrected chi connectivity index (χ0v) is 11.6. The topological polar surface area (TPSA) is 55.4 Å². The van der Waals surface area contributed by atoms with Gasteiger partial charge in [0.1, 0.15) is 9.84 Å². The van der Waals surface area contributed by atoms with Crippen molar-refractivity contribution in [3.8, 4) is 0 Å². The number of sulfone groups is 1. The molecule has 0 aromatic rings. The van der Waals surface area contributed by atoms with Crippen LogP contribution in [0.2, 0.25) is 0 Å². The van der Waals surface area contributed by atoms with E-state index >= 15 is 0 Å². The molecule has 0 rings (SSSR count). The first-order valence-electron chi connectivity index (χ1n) is 5.93. The lowest BCUT2D eigenvalue weighted by Gasteiger charge is -2.23. The molecular weight excluding hydrogens is 226 g/mol. The zero-order chi connectivity index (χ0) is 12.6. The van der Waals surface area contributed by atoms with Crippen molar-refractivity contribution >= 4 is 9.84 Å². The van der Waals surface area contributed by atoms with Crippen molar-refractivity contribution in [1.82, 2.24) is 5.32 Å². The number of hydrogen-bond acceptors (Lipinski definition) is 4. The Kier molecular flexibility index (Phi) is 7.97. The highest BCUT2D eigenvalue weighted by Gasteiger charge is 2.16. The second kappa shape index (κ2) is 8.03. The quantitative estimate of drug-likeness (QED) is 0.669. The van der Waals surface area contributed by atoms with Gasteiger partial charge in [-0.15, -0.1) is 0 Å². The number of hydrogen-bond donors (Lipinski definition) is 1. The summed E-state index contributed by atoms with van der Waals surface area (Å²) in [7, 11) is -1.15. The summed E-state index contributed by atoms with van der Waals surface area (Å²) < 4.78 is 27.9. The lowest BCUT2D eigenvalue weighted by Crippen LogP contribution is -2.39. The summed E-state index contributed by atoms with van der Waals surface area (Å²) in [5, 5.41) is 3.32. The van der Waals surface area contributed by atoms with E-state index in [4.69, 9.17) is 4.74 Å². The molecule has 0 aliphatic heterocycles. The normalized spacial score (nSPS) is 16.0. The van der Waals surface area contributed by atoms with Crippen molar-refractivity contribution in [2.24, 2.45) is 0 Å². The maximum atomic E-state index is 11.3. The van der Waals surface area contributed by atoms with Gasteiger partial charge in [-0.2, -0.15) is 0 Å². The van der Waals surface area contributed by atoms with E-state index in [9.17, 15) is 8.42 Å². The van der Waals surface area contributed by atoms with Gasteiger partial charge >= 0.3 is 0 Å². The maximum Gasteiger partial charge on any atom is 0.150 e. The van der Waals surface area contributed by atoms with Crippen molar-refractivity contribution in [3.63, 3.8) is 0 Å². The van der Waals surface area contributed by atoms with Gasteiger partial charge in [-0.25, -0.2) is 8.42 Å². The molecule has 0 heterocycles. The Bertz CT molecular complexity index is 264. The van der Waals surface area contributed by atoms with Crippen molar-refractivity contribution in [3.05, 3.63) is 0 Å². The molecule has 0 amide bonds. The van der Waals surface area contributed by atoms with Gasteiger partial charge in [0.2, 0.25) is 0 Å². The molecular formula is C11H25NO3S. The van der Waals surface area contributed by atoms with Crippen LogP contribution < -0.4 is 5.32 Å². The molecule has 2 unspecified atom stereocenters. The van der Waals surface area contributed by atoms with Crippen molar-refractivity contribution in [2.75, 3.05) is 25.2 Å². The monoisotopic (exact) mass is 251 g/mol. The highest BCUT2D eigenvalue weighted by molar-refractivity contribution is 7.91. The van der Waals surface area contributed by atoms with Crippen molar-refractivity contribution in [2.45, 2.75) is 45.8 Å². The number of likely N-dealkylation sites (N-methyl/N-ethyl adjacent to an activating group) is 1. The molecule has 0 saturated heterocycles. The van der Waals surface area contributed by atoms with E-state index in [2.05, 4.69) is 5.32 Å². The Balaban J connectivity index is 4.03. The highest BCUT2D eigenvalue weighted by Crippen LogP contribution is 2.07. The van der Waals surface area contributed by atoms with E-state index in [-0.39, 0.29) is 23.7 Å². The molecule has 0 aliphatic rings. The van der Waals surface area contributed by atoms with Crippen LogP contribution in [-0.4, -0.2) is 45.7 Å². The number of methoxy groups -OCH3 is 1. The molecule has 4 nitrogen and oxygen atoms in total. The smallest absolute Gasteiger partial charge is 0.150 e. The molecule has 0 fully saturated rings. The minimum Gasteiger partial charge on any atom is -0.380 e. The van der Waals surface area contributed by atoms with E-state index in [1.807, 2.05) is 13.8 Å². The first-order valence-corrected chi connectivity index (χ1v) is 7.75. The average molecular weight is 251 g/mol. The fraction of sp³-hybridized carbons (Fsp3) is 1.00. The maximum absolute atomic E-state index is 11.3. The molecule has 16 heavy (non-hydrogen) atoms. The summed E-state index contributed by atoms with van der Waals surface area (Å²) in [5.74, 6) is 0.514. The first-order chi connectivity index (χ1) is 7.46. The van der Waals surface area contributed by atoms with Gasteiger partial charge in [0.25, 0.3) is 0 Å². The number of rotatable bonds is 9. The average Bonchev–Trinajstić information content (AvgIpc) is 2.27. The molecule has 2 atom stereocenters. The molecule has 0 saturated carbocycles. The molecule has 0 spiro atoms. The SMILES string of the molecule is CCNC(CCCS(=O)(=O)CC)C(C)OC. The minimum absolute atomic E-state index is 0.115. The summed E-state index contributed by atoms with van der Waals surface area (Å²) in [6, 6.07) is 0.238. The van der Waals surface area contributed by atoms with Crippen LogP contribution in [-0.2, 0) is 14.6 Å². The molecule has 0 aliphatic carbocycles. The third kappa shape index (κ3) is 6.45. The van der Waals surface area contributed by atoms with Gasteiger partial charge < -0.3 is 10.1 Å². The van der Waals surface area contributed by atoms with Crippen LogP contribution in [0.1, 0.15) is 33.6 Å². The van der Waals surface area contributed by atoms with E-state index in [0.717, 1.165) is 13.0 Å². The van der Waals surface area contributed by atoms with Crippen LogP contribution in [0.15, 0.2) is 0 Å². The molecule has 0 aromatic carbocycles. The Morgan fingerprint density at radius 2 is 1.94 bits per heavy atom. The molecule has 0 radical (unpaired) electrons. The predicted octanol–water partition coefficient (Wildman–Crippen LogP) is 1.21. The minimum atomic E-state index is -2.83. The molecule has 0 aromatic heterocycles. The Morgan fingerprint density at radius 1 is 1.31 bits per heavy atom. The first kappa shape index (κ1) is 15.9. The molecule has 0 bridgehead atoms. The van der Waals surface area contributed by atoms with Gasteiger partial charge in [-0.3, -0.25) is 0 Å². The Labute approximate surface area is 99.7 Å². The second-order valence-corrected chi connectivity index (χ2v) is 6.46. The molecule has 5 heteroatoms. The van der Waals surface area contributed by atoms with Crippen LogP contribution in [0, 0.1) is 0 Å². The third-order valence-corrected chi connectivity index (χ3v) is 4.61. The van der Waals surface area contributed by atoms with Gasteiger partial charge in [0.15, 0.2) is 0 Å². The van der Waals surface area contributed by atoms with Gasteiger partial charge in [0, 0.05) is 18.9 Å². The van der Waals surface area contributed by atoms with E-state index in [1.165, 1.54) is 0 Å². The van der Waals surface area contributed by atoms with Crippen LogP contribution >= 0.6 is 0 Å². The van der Waals surface area contributed by atoms with Gasteiger partial charge in [-0.1, -0.05) is 13.8 Å². The number of ether oxygens (including phenoxy) is 1. The van der Waals surface area contributed by atoms with Crippen molar-refractivity contribution in [1.29, 1.82) is 0 Å². The summed E-state index contributed by atoms with van der Waals surface area (Å²) in [6.07, 6.45) is 1.65. The van der Waals surface area contributed by atoms with E-state index in [0.29, 0.717) is 6.42 Å². The summed E-state index contributed by atoms with van der Waals surface area (Å²) in [4.78, 5) is 0. The molecule has 1 N–H and O–H groups in total. The van der Waals surface area contributed by atoms with Gasteiger partial charge in [0.05, 0.1) is 11.9 Å². The van der Waals surface area contributed by atoms with E-state index in [1.54, 1.807) is 14.0 Å². The van der Waals surface area contributed by atoms with Crippen LogP contribution in [0.5, 0.6) is 0 Å². The van der Waals surface area contributed by atoms with Crippen molar-refractivity contribution < 1.29 is 13.2 Å². The largest absolute Gasteiger partial charge is 0.380 e. The molecule has 98 valence electrons. The van der Waals surface area contributed by atoms with Crippen LogP contribution in [0.4, 0.5) is 0 Å². The Hall–Kier alpha value is -0.130. The zero-order valence-electron chi connectivity index (χ0n) is 10.8. The fourth-order valence-electron chi connectivity index (χ4n) is 1.60. The standard InChI is InChI=1S/C11H25NO3S/c1-5-12-11(10(3)15-4)8-7-9-16(13,14)6-2/h10-12H,5-9H2,1-4H3.